The van der Waals surface area contributed by atoms with Crippen LogP contribution in [0.3, 0.4) is 0 Å². The SMILES string of the molecule is COC(=O)c1ccc2c(=O)[nH]c(CN(C)C[C@@H]3COc4ccccc4O3)nc2c1. The number of nitrogens with zero attached hydrogens (tertiary/aromatic N) is 2. The average molecular weight is 395 g/mol. The predicted octanol–water partition coefficient (Wildman–Crippen LogP) is 1.98. The van der Waals surface area contributed by atoms with E-state index in [1.54, 1.807) is 18.2 Å². The lowest BCUT2D eigenvalue weighted by molar-refractivity contribution is 0.0600. The Kier molecular flexibility index (Phi) is 5.18. The number of rotatable bonds is 5. The van der Waals surface area contributed by atoms with Gasteiger partial charge in [-0.1, -0.05) is 12.1 Å². The van der Waals surface area contributed by atoms with Gasteiger partial charge < -0.3 is 19.2 Å². The van der Waals surface area contributed by atoms with Crippen LogP contribution in [0.4, 0.5) is 0 Å². The molecule has 0 unspecified atom stereocenters. The van der Waals surface area contributed by atoms with Crippen molar-refractivity contribution in [2.45, 2.75) is 12.6 Å². The number of carbonyl (C=O) groups excluding carboxylic acids is 1. The maximum absolute atomic E-state index is 12.4. The zero-order valence-electron chi connectivity index (χ0n) is 16.2. The summed E-state index contributed by atoms with van der Waals surface area (Å²) >= 11 is 0. The molecule has 0 amide bonds. The lowest BCUT2D eigenvalue weighted by Gasteiger charge is -2.29. The monoisotopic (exact) mass is 395 g/mol. The number of carbonyl (C=O) groups is 1. The topological polar surface area (TPSA) is 93.8 Å². The van der Waals surface area contributed by atoms with Crippen LogP contribution in [0.1, 0.15) is 16.2 Å². The molecule has 8 heteroatoms. The minimum atomic E-state index is -0.470. The summed E-state index contributed by atoms with van der Waals surface area (Å²) in [6, 6.07) is 12.3. The second-order valence-corrected chi connectivity index (χ2v) is 6.93. The number of hydrogen-bond donors (Lipinski definition) is 1. The van der Waals surface area contributed by atoms with Crippen molar-refractivity contribution in [2.24, 2.45) is 0 Å². The molecule has 0 spiro atoms. The fourth-order valence-electron chi connectivity index (χ4n) is 3.33. The maximum Gasteiger partial charge on any atom is 0.337 e. The van der Waals surface area contributed by atoms with Crippen molar-refractivity contribution in [2.75, 3.05) is 27.3 Å². The second-order valence-electron chi connectivity index (χ2n) is 6.93. The molecule has 2 aromatic carbocycles. The van der Waals surface area contributed by atoms with E-state index in [4.69, 9.17) is 14.2 Å². The highest BCUT2D eigenvalue weighted by Gasteiger charge is 2.22. The minimum Gasteiger partial charge on any atom is -0.486 e. The Morgan fingerprint density at radius 2 is 2.07 bits per heavy atom. The van der Waals surface area contributed by atoms with Gasteiger partial charge in [-0.2, -0.15) is 0 Å². The Morgan fingerprint density at radius 1 is 1.28 bits per heavy atom. The summed E-state index contributed by atoms with van der Waals surface area (Å²) in [6.45, 7) is 1.46. The highest BCUT2D eigenvalue weighted by molar-refractivity contribution is 5.93. The standard InChI is InChI=1S/C21H21N3O5/c1-24(10-14-12-28-17-5-3-4-6-18(17)29-14)11-19-22-16-9-13(21(26)27-2)7-8-15(16)20(25)23-19/h3-9,14H,10-12H2,1-2H3,(H,22,23,25)/t14-/m1/s1. The molecule has 0 radical (unpaired) electrons. The molecule has 1 atom stereocenters. The van der Waals surface area contributed by atoms with Crippen LogP contribution in [-0.4, -0.2) is 54.3 Å². The third-order valence-corrected chi connectivity index (χ3v) is 4.68. The van der Waals surface area contributed by atoms with E-state index >= 15 is 0 Å². The Balaban J connectivity index is 1.48. The van der Waals surface area contributed by atoms with Gasteiger partial charge in [0, 0.05) is 6.54 Å². The van der Waals surface area contributed by atoms with Crippen LogP contribution in [0.2, 0.25) is 0 Å². The fraction of sp³-hybridized carbons (Fsp3) is 0.286. The van der Waals surface area contributed by atoms with E-state index in [0.29, 0.717) is 42.0 Å². The number of nitrogens with one attached hydrogen (secondary N) is 1. The number of H-pyrrole nitrogens is 1. The van der Waals surface area contributed by atoms with Crippen molar-refractivity contribution in [1.29, 1.82) is 0 Å². The number of fused-ring (bicyclic) bond motifs is 2. The number of ether oxygens (including phenoxy) is 3. The lowest BCUT2D eigenvalue weighted by atomic mass is 10.1. The molecule has 0 aliphatic carbocycles. The summed E-state index contributed by atoms with van der Waals surface area (Å²) in [5, 5.41) is 0.421. The fourth-order valence-corrected chi connectivity index (χ4v) is 3.33. The number of aromatic amines is 1. The smallest absolute Gasteiger partial charge is 0.337 e. The van der Waals surface area contributed by atoms with E-state index in [9.17, 15) is 9.59 Å². The van der Waals surface area contributed by atoms with E-state index in [2.05, 4.69) is 9.97 Å². The first-order valence-corrected chi connectivity index (χ1v) is 9.22. The summed E-state index contributed by atoms with van der Waals surface area (Å²) in [6.07, 6.45) is -0.131. The van der Waals surface area contributed by atoms with Gasteiger partial charge in [0.25, 0.3) is 5.56 Å². The molecule has 8 nitrogen and oxygen atoms in total. The van der Waals surface area contributed by atoms with Crippen LogP contribution in [0.15, 0.2) is 47.3 Å². The maximum atomic E-state index is 12.4. The number of methoxy groups -OCH3 is 1. The molecule has 2 heterocycles. The zero-order valence-corrected chi connectivity index (χ0v) is 16.2. The van der Waals surface area contributed by atoms with E-state index < -0.39 is 5.97 Å². The quantitative estimate of drug-likeness (QED) is 0.660. The van der Waals surface area contributed by atoms with E-state index in [-0.39, 0.29) is 11.7 Å². The molecule has 1 N–H and O–H groups in total. The van der Waals surface area contributed by atoms with Gasteiger partial charge in [-0.05, 0) is 37.4 Å². The number of benzene rings is 2. The highest BCUT2D eigenvalue weighted by Crippen LogP contribution is 2.31. The zero-order chi connectivity index (χ0) is 20.4. The summed E-state index contributed by atoms with van der Waals surface area (Å²) in [4.78, 5) is 33.4. The van der Waals surface area contributed by atoms with Gasteiger partial charge in [-0.25, -0.2) is 9.78 Å². The van der Waals surface area contributed by atoms with Crippen molar-refractivity contribution in [3.05, 3.63) is 64.2 Å². The van der Waals surface area contributed by atoms with Crippen molar-refractivity contribution < 1.29 is 19.0 Å². The van der Waals surface area contributed by atoms with Gasteiger partial charge >= 0.3 is 5.97 Å². The van der Waals surface area contributed by atoms with Gasteiger partial charge in [0.15, 0.2) is 11.5 Å². The van der Waals surface area contributed by atoms with Gasteiger partial charge in [-0.3, -0.25) is 9.69 Å². The predicted molar refractivity (Wildman–Crippen MR) is 106 cm³/mol. The van der Waals surface area contributed by atoms with Crippen molar-refractivity contribution in [3.63, 3.8) is 0 Å². The number of esters is 1. The van der Waals surface area contributed by atoms with Gasteiger partial charge in [0.05, 0.1) is 30.1 Å². The molecular formula is C21H21N3O5. The summed E-state index contributed by atoms with van der Waals surface area (Å²) in [7, 11) is 3.23. The molecule has 29 heavy (non-hydrogen) atoms. The van der Waals surface area contributed by atoms with Crippen molar-refractivity contribution in [1.82, 2.24) is 14.9 Å². The van der Waals surface area contributed by atoms with Crippen LogP contribution in [0.25, 0.3) is 10.9 Å². The van der Waals surface area contributed by atoms with E-state index in [1.165, 1.54) is 7.11 Å². The molecule has 1 aromatic heterocycles. The molecule has 0 saturated carbocycles. The molecule has 0 saturated heterocycles. The molecule has 1 aliphatic rings. The summed E-state index contributed by atoms with van der Waals surface area (Å²) in [5.41, 5.74) is 0.552. The number of hydrogen-bond acceptors (Lipinski definition) is 7. The first kappa shape index (κ1) is 18.9. The van der Waals surface area contributed by atoms with E-state index in [0.717, 1.165) is 11.5 Å². The molecule has 1 aliphatic heterocycles. The molecule has 4 rings (SSSR count). The van der Waals surface area contributed by atoms with Crippen LogP contribution in [-0.2, 0) is 11.3 Å². The number of likely N-dealkylation sites (N-methyl/N-ethyl adjacent to an activating group) is 1. The third kappa shape index (κ3) is 4.07. The lowest BCUT2D eigenvalue weighted by Crippen LogP contribution is -2.39. The van der Waals surface area contributed by atoms with E-state index in [1.807, 2.05) is 36.2 Å². The third-order valence-electron chi connectivity index (χ3n) is 4.68. The number of aromatic nitrogens is 2. The van der Waals surface area contributed by atoms with Gasteiger partial charge in [-0.15, -0.1) is 0 Å². The second kappa shape index (κ2) is 7.92. The van der Waals surface area contributed by atoms with Gasteiger partial charge in [0.2, 0.25) is 0 Å². The molecular weight excluding hydrogens is 374 g/mol. The minimum absolute atomic E-state index is 0.131. The number of para-hydroxylation sites is 2. The summed E-state index contributed by atoms with van der Waals surface area (Å²) in [5.74, 6) is 1.50. The first-order chi connectivity index (χ1) is 14.0. The van der Waals surface area contributed by atoms with Crippen molar-refractivity contribution in [3.8, 4) is 11.5 Å². The van der Waals surface area contributed by atoms with Crippen LogP contribution in [0, 0.1) is 0 Å². The first-order valence-electron chi connectivity index (χ1n) is 9.22. The largest absolute Gasteiger partial charge is 0.486 e. The highest BCUT2D eigenvalue weighted by atomic mass is 16.6. The molecule has 0 bridgehead atoms. The Morgan fingerprint density at radius 3 is 2.86 bits per heavy atom. The van der Waals surface area contributed by atoms with Gasteiger partial charge in [0.1, 0.15) is 18.5 Å². The average Bonchev–Trinajstić information content (AvgIpc) is 2.72. The Labute approximate surface area is 167 Å². The normalized spacial score (nSPS) is 15.5. The van der Waals surface area contributed by atoms with Crippen molar-refractivity contribution >= 4 is 16.9 Å². The molecule has 150 valence electrons. The molecule has 0 fully saturated rings. The van der Waals surface area contributed by atoms with Crippen LogP contribution < -0.4 is 15.0 Å². The summed E-state index contributed by atoms with van der Waals surface area (Å²) < 4.78 is 16.5. The Bertz CT molecular complexity index is 1110. The molecule has 3 aromatic rings. The van der Waals surface area contributed by atoms with Crippen LogP contribution >= 0.6 is 0 Å². The van der Waals surface area contributed by atoms with Crippen LogP contribution in [0.5, 0.6) is 11.5 Å². The Hall–Kier alpha value is -3.39.